The van der Waals surface area contributed by atoms with Gasteiger partial charge in [0.25, 0.3) is 0 Å². The molecule has 2 amide bonds. The Kier molecular flexibility index (Phi) is 12.6. The minimum absolute atomic E-state index is 0.0374. The summed E-state index contributed by atoms with van der Waals surface area (Å²) in [6.45, 7) is 2.92. The van der Waals surface area contributed by atoms with Crippen LogP contribution in [0, 0.1) is 17.6 Å². The van der Waals surface area contributed by atoms with Gasteiger partial charge >= 0.3 is 0 Å². The number of carbonyl (C=O) groups is 2. The van der Waals surface area contributed by atoms with Gasteiger partial charge in [0.05, 0.1) is 35.5 Å². The van der Waals surface area contributed by atoms with E-state index in [0.717, 1.165) is 68.5 Å². The van der Waals surface area contributed by atoms with Crippen LogP contribution in [0.2, 0.25) is 10.0 Å². The van der Waals surface area contributed by atoms with Crippen LogP contribution in [0.15, 0.2) is 49.3 Å². The number of carbonyl (C=O) groups excluding carboxylic acids is 2. The van der Waals surface area contributed by atoms with Gasteiger partial charge in [-0.3, -0.25) is 9.59 Å². The van der Waals surface area contributed by atoms with E-state index in [1.54, 1.807) is 48.9 Å². The van der Waals surface area contributed by atoms with Gasteiger partial charge in [-0.25, -0.2) is 38.7 Å². The van der Waals surface area contributed by atoms with Crippen LogP contribution in [0.5, 0.6) is 0 Å². The molecule has 0 radical (unpaired) electrons. The topological polar surface area (TPSA) is 183 Å². The number of fused-ring (bicyclic) bond motifs is 2. The van der Waals surface area contributed by atoms with E-state index < -0.39 is 11.6 Å². The largest absolute Gasteiger partial charge is 0.384 e. The Morgan fingerprint density at radius 1 is 0.750 bits per heavy atom. The van der Waals surface area contributed by atoms with E-state index in [1.165, 1.54) is 6.20 Å². The number of pyridine rings is 2. The molecule has 0 aromatic carbocycles. The van der Waals surface area contributed by atoms with Crippen molar-refractivity contribution in [3.63, 3.8) is 0 Å². The molecule has 6 aromatic heterocycles. The zero-order valence-corrected chi connectivity index (χ0v) is 34.4. The van der Waals surface area contributed by atoms with Gasteiger partial charge in [-0.2, -0.15) is 0 Å². The van der Waals surface area contributed by atoms with Crippen molar-refractivity contribution in [2.75, 3.05) is 50.5 Å². The fourth-order valence-electron chi connectivity index (χ4n) is 7.79. The SMILES string of the molecule is COCCC(=O)N1CCCC(Nc2nc(-c3c[nH]c4ncc(Cl)cc34)ncc2F)C1.O=C(C1CCC1)N1CCCC(Nc2nc(-c3c[nH]c4ncc(Cl)cc34)ncc2F)C1. The standard InChI is InChI=1S/C21H22ClFN6O.C20H22ClFN6O2/c22-13-7-15-16(9-25-18(15)24-8-13)19-26-10-17(23)20(28-19)27-14-5-2-6-29(11-14)21(30)12-3-1-4-12;1-30-6-4-17(29)28-5-2-3-13(11-28)26-20-16(22)10-25-19(27-20)15-9-24-18-14(15)7-12(21)8-23-18/h7-10,12,14H,1-6,11H2,(H,24,25)(H,26,27,28);7-10,13H,2-6,11H2,1H3,(H,23,24)(H,25,26,27). The number of amides is 2. The Morgan fingerprint density at radius 2 is 1.27 bits per heavy atom. The molecule has 60 heavy (non-hydrogen) atoms. The third kappa shape index (κ3) is 9.27. The Labute approximate surface area is 354 Å². The highest BCUT2D eigenvalue weighted by Crippen LogP contribution is 2.32. The molecule has 8 heterocycles. The summed E-state index contributed by atoms with van der Waals surface area (Å²) >= 11 is 12.1. The number of hydrogen-bond donors (Lipinski definition) is 4. The first-order valence-electron chi connectivity index (χ1n) is 20.0. The molecule has 1 saturated carbocycles. The predicted octanol–water partition coefficient (Wildman–Crippen LogP) is 7.27. The van der Waals surface area contributed by atoms with Crippen molar-refractivity contribution in [2.45, 2.75) is 63.5 Å². The Balaban J connectivity index is 0.000000166. The van der Waals surface area contributed by atoms with E-state index in [0.29, 0.717) is 76.8 Å². The maximum absolute atomic E-state index is 14.5. The molecular weight excluding hydrogens is 817 g/mol. The van der Waals surface area contributed by atoms with Crippen LogP contribution < -0.4 is 10.6 Å². The van der Waals surface area contributed by atoms with Gasteiger partial charge in [-0.1, -0.05) is 29.6 Å². The van der Waals surface area contributed by atoms with E-state index in [4.69, 9.17) is 27.9 Å². The third-order valence-electron chi connectivity index (χ3n) is 11.1. The van der Waals surface area contributed by atoms with Crippen LogP contribution in [-0.4, -0.2) is 113 Å². The summed E-state index contributed by atoms with van der Waals surface area (Å²) in [4.78, 5) is 60.3. The number of piperidine rings is 2. The molecule has 6 aromatic rings. The minimum Gasteiger partial charge on any atom is -0.384 e. The van der Waals surface area contributed by atoms with Crippen LogP contribution in [0.3, 0.4) is 0 Å². The van der Waals surface area contributed by atoms with Gasteiger partial charge in [0.2, 0.25) is 11.8 Å². The number of H-pyrrole nitrogens is 2. The molecule has 15 nitrogen and oxygen atoms in total. The Hall–Kier alpha value is -5.52. The molecule has 2 unspecified atom stereocenters. The Bertz CT molecular complexity index is 2500. The fourth-order valence-corrected chi connectivity index (χ4v) is 8.10. The number of nitrogens with zero attached hydrogens (tertiary/aromatic N) is 8. The average Bonchev–Trinajstić information content (AvgIpc) is 3.85. The second-order valence-electron chi connectivity index (χ2n) is 15.2. The molecule has 0 spiro atoms. The van der Waals surface area contributed by atoms with Crippen molar-refractivity contribution in [1.82, 2.24) is 49.7 Å². The molecule has 2 aliphatic heterocycles. The van der Waals surface area contributed by atoms with Gasteiger partial charge in [-0.15, -0.1) is 0 Å². The lowest BCUT2D eigenvalue weighted by Gasteiger charge is -2.37. The first-order chi connectivity index (χ1) is 29.1. The molecule has 1 aliphatic carbocycles. The first kappa shape index (κ1) is 41.2. The molecule has 3 fully saturated rings. The van der Waals surface area contributed by atoms with Crippen molar-refractivity contribution >= 4 is 68.7 Å². The lowest BCUT2D eigenvalue weighted by Crippen LogP contribution is -2.48. The van der Waals surface area contributed by atoms with E-state index in [2.05, 4.69) is 50.5 Å². The van der Waals surface area contributed by atoms with Gasteiger partial charge in [-0.05, 0) is 50.7 Å². The predicted molar refractivity (Wildman–Crippen MR) is 224 cm³/mol. The van der Waals surface area contributed by atoms with Gasteiger partial charge in [0.15, 0.2) is 34.9 Å². The molecule has 4 N–H and O–H groups in total. The molecule has 9 rings (SSSR count). The summed E-state index contributed by atoms with van der Waals surface area (Å²) in [5.74, 6) is 0.386. The second-order valence-corrected chi connectivity index (χ2v) is 16.1. The number of aromatic amines is 2. The lowest BCUT2D eigenvalue weighted by molar-refractivity contribution is -0.139. The molecule has 314 valence electrons. The quantitative estimate of drug-likeness (QED) is 0.109. The number of rotatable bonds is 10. The molecule has 3 aliphatic rings. The maximum atomic E-state index is 14.5. The first-order valence-corrected chi connectivity index (χ1v) is 20.8. The summed E-state index contributed by atoms with van der Waals surface area (Å²) in [6, 6.07) is 3.40. The number of methoxy groups -OCH3 is 1. The summed E-state index contributed by atoms with van der Waals surface area (Å²) in [6.07, 6.45) is 15.7. The monoisotopic (exact) mass is 860 g/mol. The van der Waals surface area contributed by atoms with Crippen molar-refractivity contribution in [2.24, 2.45) is 5.92 Å². The van der Waals surface area contributed by atoms with E-state index >= 15 is 0 Å². The van der Waals surface area contributed by atoms with Crippen molar-refractivity contribution in [3.8, 4) is 22.8 Å². The van der Waals surface area contributed by atoms with E-state index in [1.807, 2.05) is 4.90 Å². The number of aromatic nitrogens is 8. The summed E-state index contributed by atoms with van der Waals surface area (Å²) in [5.41, 5.74) is 2.69. The third-order valence-corrected chi connectivity index (χ3v) is 11.5. The number of ether oxygens (including phenoxy) is 1. The second kappa shape index (κ2) is 18.4. The number of likely N-dealkylation sites (tertiary alicyclic amines) is 2. The smallest absolute Gasteiger partial charge is 0.225 e. The summed E-state index contributed by atoms with van der Waals surface area (Å²) in [7, 11) is 1.57. The van der Waals surface area contributed by atoms with Crippen LogP contribution in [0.4, 0.5) is 20.4 Å². The highest BCUT2D eigenvalue weighted by molar-refractivity contribution is 6.31. The van der Waals surface area contributed by atoms with E-state index in [9.17, 15) is 18.4 Å². The van der Waals surface area contributed by atoms with Crippen LogP contribution >= 0.6 is 23.2 Å². The highest BCUT2D eigenvalue weighted by Gasteiger charge is 2.33. The fraction of sp³-hybridized carbons (Fsp3) is 0.415. The molecule has 2 atom stereocenters. The maximum Gasteiger partial charge on any atom is 0.225 e. The number of halogens is 4. The van der Waals surface area contributed by atoms with Crippen LogP contribution in [0.25, 0.3) is 44.8 Å². The number of hydrogen-bond acceptors (Lipinski definition) is 11. The molecule has 19 heteroatoms. The van der Waals surface area contributed by atoms with Gasteiger partial charge < -0.3 is 35.1 Å². The molecular formula is C41H44Cl2F2N12O3. The number of anilines is 2. The van der Waals surface area contributed by atoms with Crippen LogP contribution in [0.1, 0.15) is 51.4 Å². The normalized spacial score (nSPS) is 18.2. The zero-order chi connectivity index (χ0) is 41.8. The molecule has 2 saturated heterocycles. The zero-order valence-electron chi connectivity index (χ0n) is 32.9. The van der Waals surface area contributed by atoms with Crippen molar-refractivity contribution in [3.05, 3.63) is 71.0 Å². The van der Waals surface area contributed by atoms with E-state index in [-0.39, 0.29) is 41.5 Å². The summed E-state index contributed by atoms with van der Waals surface area (Å²) in [5, 5.41) is 8.87. The van der Waals surface area contributed by atoms with Crippen molar-refractivity contribution < 1.29 is 23.1 Å². The highest BCUT2D eigenvalue weighted by atomic mass is 35.5. The number of nitrogens with one attached hydrogen (secondary N) is 4. The lowest BCUT2D eigenvalue weighted by atomic mass is 9.84. The summed E-state index contributed by atoms with van der Waals surface area (Å²) < 4.78 is 33.9. The minimum atomic E-state index is -0.544. The Morgan fingerprint density at radius 3 is 1.77 bits per heavy atom. The van der Waals surface area contributed by atoms with Gasteiger partial charge in [0, 0.05) is 98.0 Å². The van der Waals surface area contributed by atoms with Crippen molar-refractivity contribution in [1.29, 1.82) is 0 Å². The van der Waals surface area contributed by atoms with Gasteiger partial charge in [0.1, 0.15) is 11.3 Å². The average molecular weight is 862 g/mol. The molecule has 0 bridgehead atoms. The van der Waals surface area contributed by atoms with Crippen LogP contribution in [-0.2, 0) is 14.3 Å².